The van der Waals surface area contributed by atoms with Crippen LogP contribution in [0, 0.1) is 0 Å². The van der Waals surface area contributed by atoms with E-state index < -0.39 is 12.1 Å². The van der Waals surface area contributed by atoms with Crippen molar-refractivity contribution in [3.8, 4) is 0 Å². The van der Waals surface area contributed by atoms with Crippen molar-refractivity contribution in [3.63, 3.8) is 0 Å². The van der Waals surface area contributed by atoms with Crippen molar-refractivity contribution in [1.82, 2.24) is 0 Å². The Hall–Kier alpha value is -0.900. The van der Waals surface area contributed by atoms with Crippen molar-refractivity contribution in [2.24, 2.45) is 0 Å². The average Bonchev–Trinajstić information content (AvgIpc) is 1.87. The van der Waals surface area contributed by atoms with E-state index in [0.29, 0.717) is 6.42 Å². The molecule has 0 heterocycles. The summed E-state index contributed by atoms with van der Waals surface area (Å²) in [5.74, 6) is -0.896. The van der Waals surface area contributed by atoms with Gasteiger partial charge in [-0.2, -0.15) is 0 Å². The lowest BCUT2D eigenvalue weighted by Gasteiger charge is -1.90. The topological polar surface area (TPSA) is 74.6 Å². The third-order valence-electron chi connectivity index (χ3n) is 1.05. The lowest BCUT2D eigenvalue weighted by molar-refractivity contribution is -0.137. The third kappa shape index (κ3) is 16.0. The molecule has 4 heteroatoms. The van der Waals surface area contributed by atoms with E-state index in [1.807, 2.05) is 6.92 Å². The molecule has 0 amide bonds. The van der Waals surface area contributed by atoms with E-state index in [2.05, 4.69) is 0 Å². The summed E-state index contributed by atoms with van der Waals surface area (Å²) in [5, 5.41) is 16.2. The number of hydrogen-bond donors (Lipinski definition) is 2. The predicted octanol–water partition coefficient (Wildman–Crippen LogP) is 0.827. The van der Waals surface area contributed by atoms with Gasteiger partial charge in [0.25, 0.3) is 0 Å². The number of carboxylic acids is 1. The van der Waals surface area contributed by atoms with E-state index >= 15 is 0 Å². The SMILES string of the molecule is CC(=O)C(C)O.CCCC(=O)O. The van der Waals surface area contributed by atoms with Gasteiger partial charge in [-0.05, 0) is 20.3 Å². The first-order valence-electron chi connectivity index (χ1n) is 3.82. The Kier molecular flexibility index (Phi) is 9.34. The molecule has 0 aliphatic heterocycles. The predicted molar refractivity (Wildman–Crippen MR) is 44.9 cm³/mol. The summed E-state index contributed by atoms with van der Waals surface area (Å²) in [5.41, 5.74) is 0. The summed E-state index contributed by atoms with van der Waals surface area (Å²) in [6.07, 6.45) is 0.236. The van der Waals surface area contributed by atoms with Crippen molar-refractivity contribution in [1.29, 1.82) is 0 Å². The molecule has 1 atom stereocenters. The van der Waals surface area contributed by atoms with E-state index in [1.165, 1.54) is 13.8 Å². The summed E-state index contributed by atoms with van der Waals surface area (Å²) in [6, 6.07) is 0. The Balaban J connectivity index is 0. The van der Waals surface area contributed by atoms with Gasteiger partial charge in [0.1, 0.15) is 6.10 Å². The van der Waals surface area contributed by atoms with Gasteiger partial charge in [0.05, 0.1) is 0 Å². The van der Waals surface area contributed by atoms with Crippen LogP contribution in [0.2, 0.25) is 0 Å². The number of rotatable bonds is 3. The fourth-order valence-corrected chi connectivity index (χ4v) is 0.214. The highest BCUT2D eigenvalue weighted by Crippen LogP contribution is 1.82. The maximum Gasteiger partial charge on any atom is 0.303 e. The van der Waals surface area contributed by atoms with Crippen molar-refractivity contribution in [3.05, 3.63) is 0 Å². The third-order valence-corrected chi connectivity index (χ3v) is 1.05. The summed E-state index contributed by atoms with van der Waals surface area (Å²) in [4.78, 5) is 19.5. The zero-order valence-electron chi connectivity index (χ0n) is 7.70. The van der Waals surface area contributed by atoms with Gasteiger partial charge in [0, 0.05) is 6.42 Å². The number of carbonyl (C=O) groups is 2. The normalized spacial score (nSPS) is 11.0. The van der Waals surface area contributed by atoms with E-state index in [9.17, 15) is 9.59 Å². The Morgan fingerprint density at radius 3 is 1.75 bits per heavy atom. The Morgan fingerprint density at radius 1 is 1.42 bits per heavy atom. The van der Waals surface area contributed by atoms with Crippen LogP contribution in [0.3, 0.4) is 0 Å². The van der Waals surface area contributed by atoms with Gasteiger partial charge in [-0.3, -0.25) is 9.59 Å². The van der Waals surface area contributed by atoms with Crippen LogP contribution < -0.4 is 0 Å². The van der Waals surface area contributed by atoms with Gasteiger partial charge in [-0.1, -0.05) is 6.92 Å². The van der Waals surface area contributed by atoms with Crippen LogP contribution in [-0.2, 0) is 9.59 Å². The van der Waals surface area contributed by atoms with E-state index in [0.717, 1.165) is 6.42 Å². The summed E-state index contributed by atoms with van der Waals surface area (Å²) in [6.45, 7) is 4.64. The molecule has 0 saturated carbocycles. The lowest BCUT2D eigenvalue weighted by Crippen LogP contribution is -2.10. The molecule has 0 radical (unpaired) electrons. The first kappa shape index (κ1) is 13.7. The minimum Gasteiger partial charge on any atom is -0.481 e. The lowest BCUT2D eigenvalue weighted by atomic mass is 10.3. The maximum atomic E-state index is 9.89. The van der Waals surface area contributed by atoms with Crippen LogP contribution in [0.5, 0.6) is 0 Å². The van der Waals surface area contributed by atoms with E-state index in [-0.39, 0.29) is 5.78 Å². The fraction of sp³-hybridized carbons (Fsp3) is 0.750. The smallest absolute Gasteiger partial charge is 0.303 e. The van der Waals surface area contributed by atoms with E-state index in [4.69, 9.17) is 10.2 Å². The van der Waals surface area contributed by atoms with Gasteiger partial charge in [-0.15, -0.1) is 0 Å². The van der Waals surface area contributed by atoms with Crippen molar-refractivity contribution in [2.75, 3.05) is 0 Å². The molecule has 0 saturated heterocycles. The van der Waals surface area contributed by atoms with Crippen LogP contribution in [0.1, 0.15) is 33.6 Å². The molecule has 0 aliphatic rings. The quantitative estimate of drug-likeness (QED) is 0.667. The largest absolute Gasteiger partial charge is 0.481 e. The summed E-state index contributed by atoms with van der Waals surface area (Å²) >= 11 is 0. The molecule has 72 valence electrons. The number of aliphatic carboxylic acids is 1. The zero-order valence-corrected chi connectivity index (χ0v) is 7.70. The zero-order chi connectivity index (χ0) is 10.1. The highest BCUT2D eigenvalue weighted by Gasteiger charge is 1.97. The van der Waals surface area contributed by atoms with Crippen molar-refractivity contribution < 1.29 is 19.8 Å². The van der Waals surface area contributed by atoms with Gasteiger partial charge in [0.2, 0.25) is 0 Å². The molecule has 0 bridgehead atoms. The summed E-state index contributed by atoms with van der Waals surface area (Å²) in [7, 11) is 0. The molecular formula is C8H16O4. The minimum absolute atomic E-state index is 0.185. The number of carboxylic acid groups (broad SMARTS) is 1. The Morgan fingerprint density at radius 2 is 1.75 bits per heavy atom. The molecule has 12 heavy (non-hydrogen) atoms. The van der Waals surface area contributed by atoms with Crippen LogP contribution in [0.25, 0.3) is 0 Å². The number of hydrogen-bond acceptors (Lipinski definition) is 3. The standard InChI is InChI=1S/2C4H8O2/c1-3(5)4(2)6;1-2-3-4(5)6/h3,5H,1-2H3;2-3H2,1H3,(H,5,6). The van der Waals surface area contributed by atoms with Gasteiger partial charge in [-0.25, -0.2) is 0 Å². The molecule has 0 aliphatic carbocycles. The second-order valence-corrected chi connectivity index (χ2v) is 2.43. The van der Waals surface area contributed by atoms with Crippen molar-refractivity contribution >= 4 is 11.8 Å². The fourth-order valence-electron chi connectivity index (χ4n) is 0.214. The monoisotopic (exact) mass is 176 g/mol. The molecule has 1 unspecified atom stereocenters. The number of ketones is 1. The molecular weight excluding hydrogens is 160 g/mol. The van der Waals surface area contributed by atoms with Crippen LogP contribution in [0.15, 0.2) is 0 Å². The van der Waals surface area contributed by atoms with Crippen LogP contribution in [0.4, 0.5) is 0 Å². The molecule has 0 rings (SSSR count). The molecule has 0 spiro atoms. The molecule has 0 fully saturated rings. The highest BCUT2D eigenvalue weighted by molar-refractivity contribution is 5.79. The van der Waals surface area contributed by atoms with Crippen LogP contribution in [-0.4, -0.2) is 28.1 Å². The first-order chi connectivity index (χ1) is 5.41. The van der Waals surface area contributed by atoms with Crippen molar-refractivity contribution in [2.45, 2.75) is 39.7 Å². The van der Waals surface area contributed by atoms with E-state index in [1.54, 1.807) is 0 Å². The number of aliphatic hydroxyl groups is 1. The Bertz CT molecular complexity index is 140. The molecule has 4 nitrogen and oxygen atoms in total. The van der Waals surface area contributed by atoms with Gasteiger partial charge >= 0.3 is 5.97 Å². The second kappa shape index (κ2) is 8.20. The van der Waals surface area contributed by atoms with Crippen LogP contribution >= 0.6 is 0 Å². The maximum absolute atomic E-state index is 9.89. The second-order valence-electron chi connectivity index (χ2n) is 2.43. The Labute approximate surface area is 72.2 Å². The average molecular weight is 176 g/mol. The molecule has 2 N–H and O–H groups in total. The number of carbonyl (C=O) groups excluding carboxylic acids is 1. The van der Waals surface area contributed by atoms with Gasteiger partial charge in [0.15, 0.2) is 5.78 Å². The first-order valence-corrected chi connectivity index (χ1v) is 3.82. The molecule has 0 aromatic rings. The molecule has 0 aromatic heterocycles. The number of Topliss-reactive ketones (excluding diaryl/α,β-unsaturated/α-hetero) is 1. The minimum atomic E-state index is -0.787. The number of aliphatic hydroxyl groups excluding tert-OH is 1. The highest BCUT2D eigenvalue weighted by atomic mass is 16.4. The summed E-state index contributed by atoms with van der Waals surface area (Å²) < 4.78 is 0. The molecule has 0 aromatic carbocycles. The van der Waals surface area contributed by atoms with Gasteiger partial charge < -0.3 is 10.2 Å².